The lowest BCUT2D eigenvalue weighted by atomic mass is 10.0. The van der Waals surface area contributed by atoms with E-state index < -0.39 is 0 Å². The third kappa shape index (κ3) is 4.44. The molecule has 0 aliphatic carbocycles. The molecule has 0 saturated heterocycles. The second kappa shape index (κ2) is 9.13. The van der Waals surface area contributed by atoms with Crippen molar-refractivity contribution in [2.45, 2.75) is 26.4 Å². The van der Waals surface area contributed by atoms with E-state index in [0.717, 1.165) is 13.0 Å². The van der Waals surface area contributed by atoms with Crippen LogP contribution in [0.3, 0.4) is 0 Å². The van der Waals surface area contributed by atoms with Crippen molar-refractivity contribution >= 4 is 17.5 Å². The molecule has 1 amide bonds. The summed E-state index contributed by atoms with van der Waals surface area (Å²) in [7, 11) is 3.08. The lowest BCUT2D eigenvalue weighted by Crippen LogP contribution is -2.38. The van der Waals surface area contributed by atoms with Crippen molar-refractivity contribution < 1.29 is 14.3 Å². The van der Waals surface area contributed by atoms with Crippen LogP contribution in [0.15, 0.2) is 53.3 Å². The molecule has 1 aliphatic rings. The molecule has 0 spiro atoms. The van der Waals surface area contributed by atoms with Gasteiger partial charge in [0.1, 0.15) is 6.54 Å². The Kier molecular flexibility index (Phi) is 6.11. The molecule has 0 saturated carbocycles. The second-order valence-corrected chi connectivity index (χ2v) is 7.68. The largest absolute Gasteiger partial charge is 0.493 e. The van der Waals surface area contributed by atoms with Gasteiger partial charge in [-0.05, 0) is 36.6 Å². The number of ether oxygens (including phenoxy) is 2. The molecule has 1 aromatic heterocycles. The van der Waals surface area contributed by atoms with E-state index in [1.54, 1.807) is 32.2 Å². The highest BCUT2D eigenvalue weighted by molar-refractivity contribution is 5.91. The summed E-state index contributed by atoms with van der Waals surface area (Å²) in [4.78, 5) is 32.3. The van der Waals surface area contributed by atoms with Gasteiger partial charge in [0.05, 0.1) is 14.2 Å². The number of aromatic nitrogens is 2. The van der Waals surface area contributed by atoms with Crippen LogP contribution in [-0.2, 0) is 24.3 Å². The molecule has 166 valence electrons. The number of amides is 1. The Hall–Kier alpha value is -3.81. The molecule has 3 aromatic rings. The lowest BCUT2D eigenvalue weighted by molar-refractivity contribution is -0.116. The van der Waals surface area contributed by atoms with Gasteiger partial charge in [0, 0.05) is 36.6 Å². The number of nitrogens with one attached hydrogen (secondary N) is 1. The zero-order valence-corrected chi connectivity index (χ0v) is 18.4. The topological polar surface area (TPSA) is 85.7 Å². The number of nitrogens with zero attached hydrogens (tertiary/aromatic N) is 3. The van der Waals surface area contributed by atoms with E-state index in [1.165, 1.54) is 28.9 Å². The molecule has 0 fully saturated rings. The minimum Gasteiger partial charge on any atom is -0.493 e. The second-order valence-electron chi connectivity index (χ2n) is 7.68. The van der Waals surface area contributed by atoms with Crippen LogP contribution in [0.1, 0.15) is 16.8 Å². The highest BCUT2D eigenvalue weighted by Crippen LogP contribution is 2.29. The third-order valence-electron chi connectivity index (χ3n) is 5.50. The molecule has 8 nitrogen and oxygen atoms in total. The number of anilines is 2. The summed E-state index contributed by atoms with van der Waals surface area (Å²) in [6, 6.07) is 14.8. The van der Waals surface area contributed by atoms with E-state index in [-0.39, 0.29) is 18.0 Å². The number of hydrogen-bond donors (Lipinski definition) is 1. The summed E-state index contributed by atoms with van der Waals surface area (Å²) in [5, 5.41) is 2.82. The number of carbonyl (C=O) groups excluding carboxylic acids is 1. The maximum atomic E-state index is 12.8. The van der Waals surface area contributed by atoms with Gasteiger partial charge in [-0.15, -0.1) is 0 Å². The molecule has 2 heterocycles. The maximum absolute atomic E-state index is 12.8. The summed E-state index contributed by atoms with van der Waals surface area (Å²) in [6.07, 6.45) is 0.859. The van der Waals surface area contributed by atoms with Crippen LogP contribution in [0.5, 0.6) is 11.5 Å². The SMILES string of the molecule is COc1ccc(NC(=O)Cn2c(N3CCc4ccccc4C3)nc(C)cc2=O)cc1OC. The number of hydrogen-bond acceptors (Lipinski definition) is 6. The molecule has 2 aromatic carbocycles. The fourth-order valence-corrected chi connectivity index (χ4v) is 3.92. The first-order valence-electron chi connectivity index (χ1n) is 10.4. The van der Waals surface area contributed by atoms with Gasteiger partial charge in [-0.3, -0.25) is 14.2 Å². The fourth-order valence-electron chi connectivity index (χ4n) is 3.92. The lowest BCUT2D eigenvalue weighted by Gasteiger charge is -2.31. The Balaban J connectivity index is 1.58. The van der Waals surface area contributed by atoms with Crippen molar-refractivity contribution in [3.8, 4) is 11.5 Å². The summed E-state index contributed by atoms with van der Waals surface area (Å²) in [5.74, 6) is 1.25. The van der Waals surface area contributed by atoms with Gasteiger partial charge in [-0.1, -0.05) is 24.3 Å². The Morgan fingerprint density at radius 1 is 1.06 bits per heavy atom. The van der Waals surface area contributed by atoms with E-state index in [1.807, 2.05) is 12.1 Å². The molecule has 32 heavy (non-hydrogen) atoms. The van der Waals surface area contributed by atoms with Gasteiger partial charge >= 0.3 is 0 Å². The monoisotopic (exact) mass is 434 g/mol. The maximum Gasteiger partial charge on any atom is 0.255 e. The molecule has 0 atom stereocenters. The Morgan fingerprint density at radius 2 is 1.81 bits per heavy atom. The molecule has 0 radical (unpaired) electrons. The standard InChI is InChI=1S/C24H26N4O4/c1-16-12-23(30)28(15-22(29)26-19-8-9-20(31-2)21(13-19)32-3)24(25-16)27-11-10-17-6-4-5-7-18(17)14-27/h4-9,12-13H,10-11,14-15H2,1-3H3,(H,26,29). The van der Waals surface area contributed by atoms with Crippen molar-refractivity contribution in [2.24, 2.45) is 0 Å². The van der Waals surface area contributed by atoms with E-state index in [9.17, 15) is 9.59 Å². The zero-order valence-electron chi connectivity index (χ0n) is 18.4. The Morgan fingerprint density at radius 3 is 2.56 bits per heavy atom. The quantitative estimate of drug-likeness (QED) is 0.642. The molecule has 1 aliphatic heterocycles. The van der Waals surface area contributed by atoms with E-state index in [2.05, 4.69) is 27.3 Å². The van der Waals surface area contributed by atoms with Crippen LogP contribution in [0.4, 0.5) is 11.6 Å². The van der Waals surface area contributed by atoms with Gasteiger partial charge in [-0.25, -0.2) is 4.98 Å². The van der Waals surface area contributed by atoms with E-state index >= 15 is 0 Å². The average Bonchev–Trinajstić information content (AvgIpc) is 2.80. The van der Waals surface area contributed by atoms with Crippen LogP contribution in [0, 0.1) is 6.92 Å². The highest BCUT2D eigenvalue weighted by Gasteiger charge is 2.22. The summed E-state index contributed by atoms with van der Waals surface area (Å²) in [5.41, 5.74) is 3.43. The number of fused-ring (bicyclic) bond motifs is 1. The van der Waals surface area contributed by atoms with Crippen LogP contribution >= 0.6 is 0 Å². The Labute approximate surface area is 186 Å². The number of carbonyl (C=O) groups is 1. The van der Waals surface area contributed by atoms with Crippen LogP contribution in [0.2, 0.25) is 0 Å². The van der Waals surface area contributed by atoms with Gasteiger partial charge in [0.15, 0.2) is 11.5 Å². The van der Waals surface area contributed by atoms with Gasteiger partial charge in [0.2, 0.25) is 11.9 Å². The fraction of sp³-hybridized carbons (Fsp3) is 0.292. The van der Waals surface area contributed by atoms with Crippen molar-refractivity contribution in [3.63, 3.8) is 0 Å². The minimum absolute atomic E-state index is 0.145. The summed E-state index contributed by atoms with van der Waals surface area (Å²) >= 11 is 0. The molecule has 1 N–H and O–H groups in total. The van der Waals surface area contributed by atoms with Crippen LogP contribution in [-0.4, -0.2) is 36.2 Å². The predicted molar refractivity (Wildman–Crippen MR) is 123 cm³/mol. The molecule has 8 heteroatoms. The van der Waals surface area contributed by atoms with Gasteiger partial charge < -0.3 is 19.7 Å². The zero-order chi connectivity index (χ0) is 22.7. The van der Waals surface area contributed by atoms with E-state index in [4.69, 9.17) is 9.47 Å². The Bertz CT molecular complexity index is 1200. The normalized spacial score (nSPS) is 12.8. The van der Waals surface area contributed by atoms with Gasteiger partial charge in [0.25, 0.3) is 5.56 Å². The molecule has 0 bridgehead atoms. The summed E-state index contributed by atoms with van der Waals surface area (Å²) in [6.45, 7) is 3.01. The number of benzene rings is 2. The molecular weight excluding hydrogens is 408 g/mol. The number of aryl methyl sites for hydroxylation is 1. The highest BCUT2D eigenvalue weighted by atomic mass is 16.5. The molecular formula is C24H26N4O4. The smallest absolute Gasteiger partial charge is 0.255 e. The predicted octanol–water partition coefficient (Wildman–Crippen LogP) is 2.77. The van der Waals surface area contributed by atoms with Crippen molar-refractivity contribution in [2.75, 3.05) is 31.0 Å². The van der Waals surface area contributed by atoms with Crippen molar-refractivity contribution in [1.29, 1.82) is 0 Å². The third-order valence-corrected chi connectivity index (χ3v) is 5.50. The van der Waals surface area contributed by atoms with Crippen LogP contribution < -0.4 is 25.2 Å². The van der Waals surface area contributed by atoms with Gasteiger partial charge in [-0.2, -0.15) is 0 Å². The number of rotatable bonds is 6. The molecule has 0 unspecified atom stereocenters. The molecule has 4 rings (SSSR count). The van der Waals surface area contributed by atoms with Crippen molar-refractivity contribution in [1.82, 2.24) is 9.55 Å². The van der Waals surface area contributed by atoms with Crippen molar-refractivity contribution in [3.05, 3.63) is 75.7 Å². The van der Waals surface area contributed by atoms with E-state index in [0.29, 0.717) is 35.4 Å². The number of methoxy groups -OCH3 is 2. The summed E-state index contributed by atoms with van der Waals surface area (Å²) < 4.78 is 11.9. The average molecular weight is 434 g/mol. The first kappa shape index (κ1) is 21.4. The first-order valence-corrected chi connectivity index (χ1v) is 10.4. The minimum atomic E-state index is -0.330. The van der Waals surface area contributed by atoms with Crippen LogP contribution in [0.25, 0.3) is 0 Å². The first-order chi connectivity index (χ1) is 15.5.